The van der Waals surface area contributed by atoms with Crippen LogP contribution in [0.5, 0.6) is 0 Å². The van der Waals surface area contributed by atoms with Crippen LogP contribution in [0.25, 0.3) is 0 Å². The largest absolute Gasteiger partial charge is 0.395 e. The van der Waals surface area contributed by atoms with E-state index in [9.17, 15) is 9.59 Å². The first-order valence-electron chi connectivity index (χ1n) is 11.3. The number of allylic oxidation sites excluding steroid dienone is 1. The molecule has 3 rings (SSSR count). The number of dihydropyridines is 1. The SMILES string of the molecule is NC1=C(C(=O)CCCCc2ccccc2)C=NC(CCCCCc2ccccc2)C1=O. The Balaban J connectivity index is 1.37. The molecule has 31 heavy (non-hydrogen) atoms. The molecule has 0 saturated carbocycles. The number of carbonyl (C=O) groups excluding carboxylic acids is 2. The molecular formula is C27H32N2O2. The summed E-state index contributed by atoms with van der Waals surface area (Å²) in [5.41, 5.74) is 9.04. The predicted molar refractivity (Wildman–Crippen MR) is 126 cm³/mol. The number of Topliss-reactive ketones (excluding diaryl/α,β-unsaturated/α-hetero) is 2. The van der Waals surface area contributed by atoms with E-state index in [1.165, 1.54) is 17.3 Å². The third kappa shape index (κ3) is 7.02. The van der Waals surface area contributed by atoms with Gasteiger partial charge in [0.25, 0.3) is 0 Å². The van der Waals surface area contributed by atoms with Crippen LogP contribution in [0.3, 0.4) is 0 Å². The van der Waals surface area contributed by atoms with Crippen LogP contribution in [-0.2, 0) is 22.4 Å². The fraction of sp³-hybridized carbons (Fsp3) is 0.370. The lowest BCUT2D eigenvalue weighted by Crippen LogP contribution is -2.32. The first-order valence-corrected chi connectivity index (χ1v) is 11.3. The number of benzene rings is 2. The Labute approximate surface area is 185 Å². The Morgan fingerprint density at radius 2 is 1.39 bits per heavy atom. The van der Waals surface area contributed by atoms with Crippen molar-refractivity contribution in [3.63, 3.8) is 0 Å². The van der Waals surface area contributed by atoms with E-state index in [1.807, 2.05) is 24.3 Å². The Kier molecular flexibility index (Phi) is 8.77. The molecule has 4 nitrogen and oxygen atoms in total. The minimum Gasteiger partial charge on any atom is -0.395 e. The highest BCUT2D eigenvalue weighted by Gasteiger charge is 2.27. The molecule has 1 aliphatic rings. The van der Waals surface area contributed by atoms with Crippen LogP contribution in [0.2, 0.25) is 0 Å². The molecule has 0 fully saturated rings. The highest BCUT2D eigenvalue weighted by molar-refractivity contribution is 6.21. The van der Waals surface area contributed by atoms with Gasteiger partial charge in [-0.25, -0.2) is 0 Å². The lowest BCUT2D eigenvalue weighted by molar-refractivity contribution is -0.119. The lowest BCUT2D eigenvalue weighted by atomic mass is 9.94. The fourth-order valence-corrected chi connectivity index (χ4v) is 3.92. The van der Waals surface area contributed by atoms with Gasteiger partial charge in [0.2, 0.25) is 5.78 Å². The number of ketones is 2. The number of nitrogens with zero attached hydrogens (tertiary/aromatic N) is 1. The van der Waals surface area contributed by atoms with Crippen molar-refractivity contribution in [2.45, 2.75) is 63.8 Å². The van der Waals surface area contributed by atoms with Gasteiger partial charge < -0.3 is 5.73 Å². The van der Waals surface area contributed by atoms with E-state index in [0.29, 0.717) is 18.4 Å². The smallest absolute Gasteiger partial charge is 0.203 e. The second-order valence-corrected chi connectivity index (χ2v) is 8.19. The van der Waals surface area contributed by atoms with Gasteiger partial charge in [0.05, 0.1) is 11.3 Å². The number of hydrogen-bond donors (Lipinski definition) is 1. The molecule has 1 atom stereocenters. The molecule has 0 spiro atoms. The number of hydrogen-bond acceptors (Lipinski definition) is 4. The lowest BCUT2D eigenvalue weighted by Gasteiger charge is -2.18. The maximum atomic E-state index is 12.6. The summed E-state index contributed by atoms with van der Waals surface area (Å²) < 4.78 is 0. The van der Waals surface area contributed by atoms with Gasteiger partial charge in [-0.2, -0.15) is 0 Å². The zero-order chi connectivity index (χ0) is 21.9. The van der Waals surface area contributed by atoms with Crippen LogP contribution in [0.4, 0.5) is 0 Å². The summed E-state index contributed by atoms with van der Waals surface area (Å²) in [5, 5.41) is 0. The first-order chi connectivity index (χ1) is 15.1. The third-order valence-corrected chi connectivity index (χ3v) is 5.79. The molecule has 0 saturated heterocycles. The Morgan fingerprint density at radius 3 is 2.00 bits per heavy atom. The molecule has 1 heterocycles. The number of nitrogens with two attached hydrogens (primary N) is 1. The normalized spacial score (nSPS) is 16.0. The number of unbranched alkanes of at least 4 members (excludes halogenated alkanes) is 3. The van der Waals surface area contributed by atoms with Crippen LogP contribution in [0, 0.1) is 0 Å². The quantitative estimate of drug-likeness (QED) is 0.495. The molecule has 0 radical (unpaired) electrons. The van der Waals surface area contributed by atoms with E-state index < -0.39 is 6.04 Å². The molecular weight excluding hydrogens is 384 g/mol. The summed E-state index contributed by atoms with van der Waals surface area (Å²) in [5.74, 6) is -0.276. The van der Waals surface area contributed by atoms with Crippen molar-refractivity contribution in [3.8, 4) is 0 Å². The van der Waals surface area contributed by atoms with Crippen LogP contribution < -0.4 is 5.73 Å². The van der Waals surface area contributed by atoms with E-state index in [1.54, 1.807) is 0 Å². The predicted octanol–water partition coefficient (Wildman–Crippen LogP) is 5.01. The van der Waals surface area contributed by atoms with Gasteiger partial charge in [0.1, 0.15) is 6.04 Å². The van der Waals surface area contributed by atoms with E-state index in [-0.39, 0.29) is 17.3 Å². The average Bonchev–Trinajstić information content (AvgIpc) is 2.80. The van der Waals surface area contributed by atoms with Crippen LogP contribution >= 0.6 is 0 Å². The summed E-state index contributed by atoms with van der Waals surface area (Å²) >= 11 is 0. The van der Waals surface area contributed by atoms with E-state index in [4.69, 9.17) is 5.73 Å². The summed E-state index contributed by atoms with van der Waals surface area (Å²) in [6, 6.07) is 20.2. The molecule has 1 unspecified atom stereocenters. The van der Waals surface area contributed by atoms with Crippen molar-refractivity contribution in [1.82, 2.24) is 0 Å². The van der Waals surface area contributed by atoms with E-state index >= 15 is 0 Å². The van der Waals surface area contributed by atoms with Crippen molar-refractivity contribution in [1.29, 1.82) is 0 Å². The Morgan fingerprint density at radius 1 is 0.806 bits per heavy atom. The van der Waals surface area contributed by atoms with E-state index in [2.05, 4.69) is 41.4 Å². The molecule has 2 N–H and O–H groups in total. The van der Waals surface area contributed by atoms with Crippen LogP contribution in [0.1, 0.15) is 56.1 Å². The minimum absolute atomic E-state index is 0.0797. The second kappa shape index (κ2) is 12.0. The van der Waals surface area contributed by atoms with Gasteiger partial charge >= 0.3 is 0 Å². The monoisotopic (exact) mass is 416 g/mol. The Hall–Kier alpha value is -3.01. The zero-order valence-electron chi connectivity index (χ0n) is 18.1. The maximum absolute atomic E-state index is 12.6. The van der Waals surface area contributed by atoms with Crippen LogP contribution in [-0.4, -0.2) is 23.8 Å². The average molecular weight is 417 g/mol. The summed E-state index contributed by atoms with van der Waals surface area (Å²) in [6.45, 7) is 0. The van der Waals surface area contributed by atoms with Gasteiger partial charge in [0, 0.05) is 12.6 Å². The van der Waals surface area contributed by atoms with Crippen molar-refractivity contribution >= 4 is 17.8 Å². The molecule has 0 amide bonds. The molecule has 2 aromatic carbocycles. The molecule has 162 valence electrons. The summed E-state index contributed by atoms with van der Waals surface area (Å²) in [7, 11) is 0. The standard InChI is InChI=1S/C27H32N2O2/c28-26-23(25(30)19-11-10-17-22-14-6-2-7-15-22)20-29-24(27(26)31)18-9-3-8-16-21-12-4-1-5-13-21/h1-2,4-7,12-15,20,24H,3,8-11,16-19,28H2. The second-order valence-electron chi connectivity index (χ2n) is 8.19. The van der Waals surface area contributed by atoms with Gasteiger partial charge in [-0.3, -0.25) is 14.6 Å². The number of carbonyl (C=O) groups is 2. The molecule has 4 heteroatoms. The van der Waals surface area contributed by atoms with Gasteiger partial charge in [-0.05, 0) is 49.7 Å². The molecule has 0 aromatic heterocycles. The van der Waals surface area contributed by atoms with Gasteiger partial charge in [-0.1, -0.05) is 73.5 Å². The molecule has 2 aromatic rings. The van der Waals surface area contributed by atoms with Gasteiger partial charge in [-0.15, -0.1) is 0 Å². The summed E-state index contributed by atoms with van der Waals surface area (Å²) in [4.78, 5) is 29.5. The Bertz CT molecular complexity index is 917. The number of rotatable bonds is 12. The first kappa shape index (κ1) is 22.7. The minimum atomic E-state index is -0.439. The zero-order valence-corrected chi connectivity index (χ0v) is 18.1. The van der Waals surface area contributed by atoms with Crippen molar-refractivity contribution in [2.75, 3.05) is 0 Å². The highest BCUT2D eigenvalue weighted by atomic mass is 16.1. The fourth-order valence-electron chi connectivity index (χ4n) is 3.92. The highest BCUT2D eigenvalue weighted by Crippen LogP contribution is 2.19. The van der Waals surface area contributed by atoms with Crippen molar-refractivity contribution in [3.05, 3.63) is 83.1 Å². The number of aryl methyl sites for hydroxylation is 2. The topological polar surface area (TPSA) is 72.5 Å². The summed E-state index contributed by atoms with van der Waals surface area (Å²) in [6.07, 6.45) is 9.38. The van der Waals surface area contributed by atoms with Crippen molar-refractivity contribution < 1.29 is 9.59 Å². The third-order valence-electron chi connectivity index (χ3n) is 5.79. The van der Waals surface area contributed by atoms with Gasteiger partial charge in [0.15, 0.2) is 5.78 Å². The molecule has 0 bridgehead atoms. The van der Waals surface area contributed by atoms with E-state index in [0.717, 1.165) is 44.9 Å². The maximum Gasteiger partial charge on any atom is 0.203 e. The van der Waals surface area contributed by atoms with Crippen LogP contribution in [0.15, 0.2) is 76.9 Å². The number of aliphatic imine (C=N–C) groups is 1. The van der Waals surface area contributed by atoms with Crippen molar-refractivity contribution in [2.24, 2.45) is 10.7 Å². The molecule has 0 aliphatic carbocycles. The molecule has 1 aliphatic heterocycles.